The largest absolute Gasteiger partial charge is 0.416 e. The van der Waals surface area contributed by atoms with Gasteiger partial charge in [0.1, 0.15) is 0 Å². The molecule has 2 N–H and O–H groups in total. The van der Waals surface area contributed by atoms with E-state index in [2.05, 4.69) is 17.2 Å². The summed E-state index contributed by atoms with van der Waals surface area (Å²) in [4.78, 5) is 0. The van der Waals surface area contributed by atoms with E-state index in [-0.39, 0.29) is 18.6 Å². The summed E-state index contributed by atoms with van der Waals surface area (Å²) in [7, 11) is 0. The molecule has 5 heteroatoms. The molecule has 1 aliphatic rings. The summed E-state index contributed by atoms with van der Waals surface area (Å²) >= 11 is 0. The Morgan fingerprint density at radius 1 is 1.14 bits per heavy atom. The first-order chi connectivity index (χ1) is 10.5. The van der Waals surface area contributed by atoms with Crippen molar-refractivity contribution in [2.75, 3.05) is 13.2 Å². The van der Waals surface area contributed by atoms with E-state index in [9.17, 15) is 18.3 Å². The number of hydrogen-bond donors (Lipinski definition) is 2. The number of alkyl halides is 3. The molecule has 2 rings (SSSR count). The Hall–Kier alpha value is -1.51. The van der Waals surface area contributed by atoms with E-state index in [1.807, 2.05) is 0 Å². The molecule has 0 spiro atoms. The van der Waals surface area contributed by atoms with Crippen LogP contribution in [0.3, 0.4) is 0 Å². The monoisotopic (exact) mass is 311 g/mol. The average Bonchev–Trinajstić information content (AvgIpc) is 2.51. The number of aliphatic hydroxyl groups is 1. The smallest absolute Gasteiger partial charge is 0.396 e. The van der Waals surface area contributed by atoms with Crippen LogP contribution in [0.4, 0.5) is 13.2 Å². The summed E-state index contributed by atoms with van der Waals surface area (Å²) in [5.41, 5.74) is -0.0960. The van der Waals surface area contributed by atoms with Gasteiger partial charge in [-0.3, -0.25) is 0 Å². The lowest BCUT2D eigenvalue weighted by Crippen LogP contribution is -2.40. The molecule has 0 unspecified atom stereocenters. The fraction of sp³-hybridized carbons (Fsp3) is 0.529. The zero-order chi connectivity index (χ0) is 16.0. The van der Waals surface area contributed by atoms with Gasteiger partial charge in [0.25, 0.3) is 0 Å². The summed E-state index contributed by atoms with van der Waals surface area (Å²) in [6, 6.07) is 5.13. The van der Waals surface area contributed by atoms with Crippen molar-refractivity contribution in [3.8, 4) is 11.8 Å². The van der Waals surface area contributed by atoms with Crippen molar-refractivity contribution in [3.05, 3.63) is 35.4 Å². The van der Waals surface area contributed by atoms with Gasteiger partial charge >= 0.3 is 6.18 Å². The van der Waals surface area contributed by atoms with Gasteiger partial charge in [-0.1, -0.05) is 24.7 Å². The predicted octanol–water partition coefficient (Wildman–Crippen LogP) is 3.20. The molecule has 0 radical (unpaired) electrons. The molecule has 0 aliphatic heterocycles. The molecule has 0 heterocycles. The predicted molar refractivity (Wildman–Crippen MR) is 79.2 cm³/mol. The lowest BCUT2D eigenvalue weighted by atomic mass is 9.85. The molecule has 2 nitrogen and oxygen atoms in total. The second-order valence-electron chi connectivity index (χ2n) is 5.59. The maximum Gasteiger partial charge on any atom is 0.416 e. The van der Waals surface area contributed by atoms with Gasteiger partial charge in [0, 0.05) is 18.2 Å². The summed E-state index contributed by atoms with van der Waals surface area (Å²) < 4.78 is 37.3. The first kappa shape index (κ1) is 16.9. The number of nitrogens with one attached hydrogen (secondary N) is 1. The number of halogens is 3. The van der Waals surface area contributed by atoms with E-state index in [1.54, 1.807) is 0 Å². The van der Waals surface area contributed by atoms with Crippen LogP contribution in [0.15, 0.2) is 24.3 Å². The summed E-state index contributed by atoms with van der Waals surface area (Å²) in [6.45, 7) is 0.659. The summed E-state index contributed by atoms with van der Waals surface area (Å²) in [6.07, 6.45) is 0.0582. The van der Waals surface area contributed by atoms with E-state index in [0.29, 0.717) is 12.1 Å². The third-order valence-electron chi connectivity index (χ3n) is 4.04. The highest BCUT2D eigenvalue weighted by Gasteiger charge is 2.29. The minimum atomic E-state index is -4.31. The molecule has 0 amide bonds. The minimum Gasteiger partial charge on any atom is -0.396 e. The minimum absolute atomic E-state index is 0.185. The molecule has 1 aromatic rings. The maximum atomic E-state index is 12.4. The lowest BCUT2D eigenvalue weighted by molar-refractivity contribution is -0.137. The molecule has 1 fully saturated rings. The highest BCUT2D eigenvalue weighted by molar-refractivity contribution is 5.37. The summed E-state index contributed by atoms with van der Waals surface area (Å²) in [5, 5.41) is 12.6. The van der Waals surface area contributed by atoms with E-state index >= 15 is 0 Å². The van der Waals surface area contributed by atoms with E-state index < -0.39 is 11.7 Å². The molecule has 22 heavy (non-hydrogen) atoms. The molecule has 0 bridgehead atoms. The Bertz CT molecular complexity index is 528. The number of rotatable bonds is 3. The fourth-order valence-electron chi connectivity index (χ4n) is 2.77. The van der Waals surface area contributed by atoms with Crippen LogP contribution in [0.25, 0.3) is 0 Å². The molecule has 2 atom stereocenters. The first-order valence-corrected chi connectivity index (χ1v) is 7.51. The average molecular weight is 311 g/mol. The highest BCUT2D eigenvalue weighted by atomic mass is 19.4. The standard InChI is InChI=1S/C17H20F3NO/c18-17(19,20)15-9-7-13(8-10-15)4-3-11-21-16-6-2-1-5-14(16)12-22/h7-10,14,16,21-22H,1-2,5-6,11-12H2/t14-,16-/m1/s1. The highest BCUT2D eigenvalue weighted by Crippen LogP contribution is 2.29. The van der Waals surface area contributed by atoms with Crippen molar-refractivity contribution < 1.29 is 18.3 Å². The quantitative estimate of drug-likeness (QED) is 0.840. The van der Waals surface area contributed by atoms with E-state index in [0.717, 1.165) is 37.8 Å². The Kier molecular flexibility index (Phi) is 5.87. The van der Waals surface area contributed by atoms with E-state index in [1.165, 1.54) is 12.1 Å². The topological polar surface area (TPSA) is 32.3 Å². The molecule has 1 aromatic carbocycles. The molecule has 1 aliphatic carbocycles. The third-order valence-corrected chi connectivity index (χ3v) is 4.04. The maximum absolute atomic E-state index is 12.4. The first-order valence-electron chi connectivity index (χ1n) is 7.51. The van der Waals surface area contributed by atoms with Gasteiger partial charge in [0.2, 0.25) is 0 Å². The summed E-state index contributed by atoms with van der Waals surface area (Å²) in [5.74, 6) is 6.06. The molecule has 120 valence electrons. The van der Waals surface area contributed by atoms with E-state index in [4.69, 9.17) is 0 Å². The van der Waals surface area contributed by atoms with Gasteiger partial charge in [-0.05, 0) is 43.0 Å². The van der Waals surface area contributed by atoms with Crippen molar-refractivity contribution in [2.24, 2.45) is 5.92 Å². The van der Waals surface area contributed by atoms with Crippen molar-refractivity contribution in [2.45, 2.75) is 37.9 Å². The van der Waals surface area contributed by atoms with Crippen molar-refractivity contribution in [1.29, 1.82) is 0 Å². The van der Waals surface area contributed by atoms with Gasteiger partial charge in [-0.2, -0.15) is 13.2 Å². The van der Waals surface area contributed by atoms with Crippen molar-refractivity contribution in [3.63, 3.8) is 0 Å². The molecule has 1 saturated carbocycles. The van der Waals surface area contributed by atoms with Crippen LogP contribution >= 0.6 is 0 Å². The second-order valence-corrected chi connectivity index (χ2v) is 5.59. The Morgan fingerprint density at radius 2 is 1.82 bits per heavy atom. The van der Waals surface area contributed by atoms with Crippen LogP contribution < -0.4 is 5.32 Å². The van der Waals surface area contributed by atoms with Gasteiger partial charge in [-0.15, -0.1) is 0 Å². The molecule has 0 saturated heterocycles. The number of benzene rings is 1. The zero-order valence-corrected chi connectivity index (χ0v) is 12.3. The fourth-order valence-corrected chi connectivity index (χ4v) is 2.77. The second kappa shape index (κ2) is 7.66. The van der Waals surface area contributed by atoms with Crippen molar-refractivity contribution >= 4 is 0 Å². The van der Waals surface area contributed by atoms with Crippen LogP contribution in [0.1, 0.15) is 36.8 Å². The van der Waals surface area contributed by atoms with Crippen molar-refractivity contribution in [1.82, 2.24) is 5.32 Å². The van der Waals surface area contributed by atoms with Gasteiger partial charge < -0.3 is 10.4 Å². The van der Waals surface area contributed by atoms with Crippen LogP contribution in [0.2, 0.25) is 0 Å². The Balaban J connectivity index is 1.86. The Labute approximate surface area is 128 Å². The van der Waals surface area contributed by atoms with Gasteiger partial charge in [-0.25, -0.2) is 0 Å². The normalized spacial score (nSPS) is 22.0. The van der Waals surface area contributed by atoms with Gasteiger partial charge in [0.05, 0.1) is 12.1 Å². The Morgan fingerprint density at radius 3 is 2.45 bits per heavy atom. The van der Waals surface area contributed by atoms with Crippen LogP contribution in [0, 0.1) is 17.8 Å². The van der Waals surface area contributed by atoms with Crippen LogP contribution in [-0.4, -0.2) is 24.3 Å². The molecular weight excluding hydrogens is 291 g/mol. The third kappa shape index (κ3) is 4.75. The molecule has 0 aromatic heterocycles. The number of aliphatic hydroxyl groups excluding tert-OH is 1. The van der Waals surface area contributed by atoms with Crippen LogP contribution in [-0.2, 0) is 6.18 Å². The van der Waals surface area contributed by atoms with Crippen LogP contribution in [0.5, 0.6) is 0 Å². The SMILES string of the molecule is OC[C@H]1CCCC[C@H]1NCC#Cc1ccc(C(F)(F)F)cc1. The van der Waals surface area contributed by atoms with Gasteiger partial charge in [0.15, 0.2) is 0 Å². The number of hydrogen-bond acceptors (Lipinski definition) is 2. The zero-order valence-electron chi connectivity index (χ0n) is 12.3. The lowest BCUT2D eigenvalue weighted by Gasteiger charge is -2.30. The molecular formula is C17H20F3NO.